The van der Waals surface area contributed by atoms with Crippen LogP contribution >= 0.6 is 11.8 Å². The Balaban J connectivity index is 1.24. The van der Waals surface area contributed by atoms with Gasteiger partial charge in [0.15, 0.2) is 5.78 Å². The SMILES string of the molecule is O=C(Cc1cccc2ccccc12)[C@@H]1C(=O)N2[C@H](C(=O)OCc3ccccc3)CS[C@@H]12. The average Bonchev–Trinajstić information content (AvgIpc) is 3.18. The molecule has 0 saturated carbocycles. The molecular weight excluding hydrogens is 410 g/mol. The van der Waals surface area contributed by atoms with Crippen LogP contribution in [-0.4, -0.2) is 39.7 Å². The highest BCUT2D eigenvalue weighted by atomic mass is 32.2. The number of thioether (sulfide) groups is 1. The summed E-state index contributed by atoms with van der Waals surface area (Å²) in [6, 6.07) is 22.6. The van der Waals surface area contributed by atoms with Gasteiger partial charge in [0.25, 0.3) is 0 Å². The lowest BCUT2D eigenvalue weighted by atomic mass is 9.87. The molecule has 0 spiro atoms. The highest BCUT2D eigenvalue weighted by Gasteiger charge is 2.59. The lowest BCUT2D eigenvalue weighted by Crippen LogP contribution is -2.63. The van der Waals surface area contributed by atoms with Crippen molar-refractivity contribution >= 4 is 40.2 Å². The van der Waals surface area contributed by atoms with E-state index < -0.39 is 17.9 Å². The summed E-state index contributed by atoms with van der Waals surface area (Å²) in [5.74, 6) is -0.986. The standard InChI is InChI=1S/C25H21NO4S/c27-21(13-18-11-6-10-17-9-4-5-12-19(17)18)22-23(28)26-20(15-31-24(22)26)25(29)30-14-16-7-2-1-3-8-16/h1-12,20,22,24H,13-15H2/t20-,22+,24-/m0/s1. The van der Waals surface area contributed by atoms with E-state index >= 15 is 0 Å². The lowest BCUT2D eigenvalue weighted by molar-refractivity contribution is -0.167. The molecule has 0 aromatic heterocycles. The van der Waals surface area contributed by atoms with Crippen molar-refractivity contribution in [1.29, 1.82) is 0 Å². The molecule has 2 heterocycles. The summed E-state index contributed by atoms with van der Waals surface area (Å²) in [6.45, 7) is 0.178. The molecule has 0 aliphatic carbocycles. The van der Waals surface area contributed by atoms with Gasteiger partial charge in [-0.15, -0.1) is 11.8 Å². The third-order valence-corrected chi connectivity index (χ3v) is 7.28. The van der Waals surface area contributed by atoms with Gasteiger partial charge in [0.05, 0.1) is 5.37 Å². The number of ketones is 1. The van der Waals surface area contributed by atoms with Gasteiger partial charge in [-0.2, -0.15) is 0 Å². The first-order chi connectivity index (χ1) is 15.1. The average molecular weight is 432 g/mol. The summed E-state index contributed by atoms with van der Waals surface area (Å²) in [4.78, 5) is 39.9. The van der Waals surface area contributed by atoms with E-state index in [1.165, 1.54) is 16.7 Å². The lowest BCUT2D eigenvalue weighted by Gasteiger charge is -2.42. The zero-order valence-electron chi connectivity index (χ0n) is 16.8. The van der Waals surface area contributed by atoms with Gasteiger partial charge in [-0.1, -0.05) is 72.8 Å². The number of ether oxygens (including phenoxy) is 1. The number of β-lactam (4-membered cyclic amide) rings is 1. The molecule has 2 saturated heterocycles. The molecule has 3 aromatic carbocycles. The molecule has 2 aliphatic rings. The predicted octanol–water partition coefficient (Wildman–Crippen LogP) is 3.59. The fourth-order valence-electron chi connectivity index (χ4n) is 4.31. The predicted molar refractivity (Wildman–Crippen MR) is 119 cm³/mol. The Bertz CT molecular complexity index is 1160. The second kappa shape index (κ2) is 8.19. The number of rotatable bonds is 6. The molecule has 0 N–H and O–H groups in total. The van der Waals surface area contributed by atoms with Gasteiger partial charge in [0.1, 0.15) is 18.6 Å². The molecule has 5 nitrogen and oxygen atoms in total. The monoisotopic (exact) mass is 431 g/mol. The topological polar surface area (TPSA) is 63.7 Å². The molecule has 0 unspecified atom stereocenters. The third kappa shape index (κ3) is 3.61. The molecule has 0 bridgehead atoms. The van der Waals surface area contributed by atoms with E-state index in [0.29, 0.717) is 5.75 Å². The van der Waals surface area contributed by atoms with Crippen LogP contribution in [0.3, 0.4) is 0 Å². The second-order valence-electron chi connectivity index (χ2n) is 7.84. The van der Waals surface area contributed by atoms with E-state index in [1.807, 2.05) is 72.8 Å². The zero-order chi connectivity index (χ0) is 21.4. The molecule has 2 fully saturated rings. The number of Topliss-reactive ketones (excluding diaryl/α,β-unsaturated/α-hetero) is 1. The Morgan fingerprint density at radius 2 is 1.71 bits per heavy atom. The fraction of sp³-hybridized carbons (Fsp3) is 0.240. The van der Waals surface area contributed by atoms with Gasteiger partial charge < -0.3 is 9.64 Å². The molecule has 2 aliphatic heterocycles. The van der Waals surface area contributed by atoms with Gasteiger partial charge in [-0.25, -0.2) is 4.79 Å². The van der Waals surface area contributed by atoms with Gasteiger partial charge in [-0.05, 0) is 21.9 Å². The first kappa shape index (κ1) is 19.8. The minimum atomic E-state index is -0.684. The highest BCUT2D eigenvalue weighted by molar-refractivity contribution is 8.00. The van der Waals surface area contributed by atoms with E-state index in [2.05, 4.69) is 0 Å². The van der Waals surface area contributed by atoms with Crippen LogP contribution in [0, 0.1) is 5.92 Å². The van der Waals surface area contributed by atoms with Gasteiger partial charge in [-0.3, -0.25) is 9.59 Å². The van der Waals surface area contributed by atoms with Crippen molar-refractivity contribution in [2.24, 2.45) is 5.92 Å². The van der Waals surface area contributed by atoms with Crippen molar-refractivity contribution in [3.05, 3.63) is 83.9 Å². The van der Waals surface area contributed by atoms with E-state index in [-0.39, 0.29) is 30.1 Å². The van der Waals surface area contributed by atoms with Crippen LogP contribution in [0.2, 0.25) is 0 Å². The number of nitrogens with zero attached hydrogens (tertiary/aromatic N) is 1. The number of amides is 1. The van der Waals surface area contributed by atoms with Crippen molar-refractivity contribution in [3.63, 3.8) is 0 Å². The van der Waals surface area contributed by atoms with Crippen LogP contribution in [0.1, 0.15) is 11.1 Å². The molecule has 0 radical (unpaired) electrons. The smallest absolute Gasteiger partial charge is 0.330 e. The van der Waals surface area contributed by atoms with Crippen LogP contribution in [0.5, 0.6) is 0 Å². The van der Waals surface area contributed by atoms with Crippen LogP contribution in [0.25, 0.3) is 10.8 Å². The van der Waals surface area contributed by atoms with Crippen molar-refractivity contribution < 1.29 is 19.1 Å². The highest BCUT2D eigenvalue weighted by Crippen LogP contribution is 2.44. The fourth-order valence-corrected chi connectivity index (χ4v) is 5.86. The van der Waals surface area contributed by atoms with Crippen molar-refractivity contribution in [2.75, 3.05) is 5.75 Å². The number of hydrogen-bond donors (Lipinski definition) is 0. The first-order valence-corrected chi connectivity index (χ1v) is 11.3. The molecule has 3 atom stereocenters. The molecule has 3 aromatic rings. The van der Waals surface area contributed by atoms with Gasteiger partial charge in [0.2, 0.25) is 5.91 Å². The van der Waals surface area contributed by atoms with E-state index in [1.54, 1.807) is 0 Å². The van der Waals surface area contributed by atoms with Gasteiger partial charge >= 0.3 is 5.97 Å². The second-order valence-corrected chi connectivity index (χ2v) is 8.99. The zero-order valence-corrected chi connectivity index (χ0v) is 17.6. The third-order valence-electron chi connectivity index (χ3n) is 5.93. The van der Waals surface area contributed by atoms with Crippen LogP contribution in [0.15, 0.2) is 72.8 Å². The summed E-state index contributed by atoms with van der Waals surface area (Å²) in [6.07, 6.45) is 0.214. The van der Waals surface area contributed by atoms with E-state index in [4.69, 9.17) is 4.74 Å². The normalized spacial score (nSPS) is 22.1. The summed E-state index contributed by atoms with van der Waals surface area (Å²) >= 11 is 1.49. The van der Waals surface area contributed by atoms with Crippen molar-refractivity contribution in [2.45, 2.75) is 24.4 Å². The summed E-state index contributed by atoms with van der Waals surface area (Å²) in [7, 11) is 0. The molecule has 31 heavy (non-hydrogen) atoms. The minimum absolute atomic E-state index is 0.0894. The Morgan fingerprint density at radius 1 is 0.968 bits per heavy atom. The van der Waals surface area contributed by atoms with Crippen LogP contribution in [0.4, 0.5) is 0 Å². The molecule has 5 rings (SSSR count). The maximum Gasteiger partial charge on any atom is 0.330 e. The molecule has 1 amide bonds. The molecular formula is C25H21NO4S. The first-order valence-electron chi connectivity index (χ1n) is 10.3. The van der Waals surface area contributed by atoms with Gasteiger partial charge in [0, 0.05) is 12.2 Å². The van der Waals surface area contributed by atoms with Crippen molar-refractivity contribution in [1.82, 2.24) is 4.90 Å². The number of fused-ring (bicyclic) bond motifs is 2. The molecule has 156 valence electrons. The largest absolute Gasteiger partial charge is 0.459 e. The maximum atomic E-state index is 13.0. The van der Waals surface area contributed by atoms with Crippen LogP contribution in [-0.2, 0) is 32.1 Å². The van der Waals surface area contributed by atoms with E-state index in [9.17, 15) is 14.4 Å². The number of esters is 1. The number of carbonyl (C=O) groups excluding carboxylic acids is 3. The van der Waals surface area contributed by atoms with Crippen LogP contribution < -0.4 is 0 Å². The number of carbonyl (C=O) groups is 3. The molecule has 6 heteroatoms. The summed E-state index contributed by atoms with van der Waals surface area (Å²) < 4.78 is 5.42. The number of benzene rings is 3. The Kier molecular flexibility index (Phi) is 5.24. The summed E-state index contributed by atoms with van der Waals surface area (Å²) in [5, 5.41) is 1.83. The Morgan fingerprint density at radius 3 is 2.55 bits per heavy atom. The minimum Gasteiger partial charge on any atom is -0.459 e. The Labute approximate surface area is 184 Å². The Hall–Kier alpha value is -3.12. The maximum absolute atomic E-state index is 13.0. The van der Waals surface area contributed by atoms with E-state index in [0.717, 1.165) is 21.9 Å². The summed E-state index contributed by atoms with van der Waals surface area (Å²) in [5.41, 5.74) is 1.83. The number of hydrogen-bond acceptors (Lipinski definition) is 5. The quantitative estimate of drug-likeness (QED) is 0.339. The van der Waals surface area contributed by atoms with Crippen molar-refractivity contribution in [3.8, 4) is 0 Å².